The maximum absolute atomic E-state index is 12.6. The summed E-state index contributed by atoms with van der Waals surface area (Å²) in [4.78, 5) is 17.1. The Balaban J connectivity index is 2.03. The minimum absolute atomic E-state index is 0.0361. The number of sulfone groups is 1. The highest BCUT2D eigenvalue weighted by atomic mass is 35.5. The number of nitrogens with zero attached hydrogens (tertiary/aromatic N) is 1. The number of anilines is 1. The van der Waals surface area contributed by atoms with Crippen LogP contribution in [0.3, 0.4) is 0 Å². The van der Waals surface area contributed by atoms with Crippen molar-refractivity contribution in [3.05, 3.63) is 64.8 Å². The van der Waals surface area contributed by atoms with E-state index < -0.39 is 15.7 Å². The topological polar surface area (TPSA) is 76.1 Å². The average molecular weight is 375 g/mol. The van der Waals surface area contributed by atoms with Gasteiger partial charge in [-0.15, -0.1) is 0 Å². The van der Waals surface area contributed by atoms with E-state index in [0.717, 1.165) is 17.3 Å². The second kappa shape index (κ2) is 6.46. The second-order valence-electron chi connectivity index (χ2n) is 5.70. The van der Waals surface area contributed by atoms with Crippen molar-refractivity contribution in [3.8, 4) is 0 Å². The number of nitrogens with one attached hydrogen (secondary N) is 1. The average Bonchev–Trinajstić information content (AvgIpc) is 2.54. The summed E-state index contributed by atoms with van der Waals surface area (Å²) in [7, 11) is -3.44. The van der Waals surface area contributed by atoms with Gasteiger partial charge in [-0.2, -0.15) is 0 Å². The van der Waals surface area contributed by atoms with E-state index in [0.29, 0.717) is 11.2 Å². The summed E-state index contributed by atoms with van der Waals surface area (Å²) >= 11 is 6.08. The van der Waals surface area contributed by atoms with Gasteiger partial charge in [0.15, 0.2) is 9.84 Å². The summed E-state index contributed by atoms with van der Waals surface area (Å²) in [5.41, 5.74) is 2.11. The van der Waals surface area contributed by atoms with Crippen LogP contribution in [0.5, 0.6) is 0 Å². The number of amides is 1. The first-order chi connectivity index (χ1) is 11.8. The monoisotopic (exact) mass is 374 g/mol. The molecule has 1 heterocycles. The zero-order chi connectivity index (χ0) is 18.2. The van der Waals surface area contributed by atoms with Crippen LogP contribution in [-0.4, -0.2) is 25.6 Å². The van der Waals surface area contributed by atoms with Gasteiger partial charge in [0.05, 0.1) is 26.7 Å². The number of rotatable bonds is 3. The normalized spacial score (nSPS) is 11.5. The molecule has 5 nitrogen and oxygen atoms in total. The molecule has 0 saturated carbocycles. The van der Waals surface area contributed by atoms with Crippen molar-refractivity contribution in [2.75, 3.05) is 11.6 Å². The van der Waals surface area contributed by atoms with Crippen LogP contribution in [0.25, 0.3) is 10.9 Å². The number of carbonyl (C=O) groups is 1. The van der Waals surface area contributed by atoms with Gasteiger partial charge in [-0.3, -0.25) is 9.78 Å². The lowest BCUT2D eigenvalue weighted by Crippen LogP contribution is -2.14. The lowest BCUT2D eigenvalue weighted by Gasteiger charge is -2.10. The molecule has 1 aromatic heterocycles. The highest BCUT2D eigenvalue weighted by Gasteiger charge is 2.16. The minimum Gasteiger partial charge on any atom is -0.320 e. The number of pyridine rings is 1. The van der Waals surface area contributed by atoms with Crippen LogP contribution < -0.4 is 5.32 Å². The quantitative estimate of drug-likeness (QED) is 0.755. The van der Waals surface area contributed by atoms with Gasteiger partial charge < -0.3 is 5.32 Å². The van der Waals surface area contributed by atoms with Crippen molar-refractivity contribution in [2.45, 2.75) is 11.8 Å². The molecule has 1 amide bonds. The smallest absolute Gasteiger partial charge is 0.257 e. The summed E-state index contributed by atoms with van der Waals surface area (Å²) in [6.07, 6.45) is 1.08. The zero-order valence-corrected chi connectivity index (χ0v) is 15.1. The van der Waals surface area contributed by atoms with Crippen LogP contribution >= 0.6 is 11.6 Å². The Morgan fingerprint density at radius 3 is 2.60 bits per heavy atom. The molecular formula is C18H15ClN2O3S. The molecule has 0 atom stereocenters. The first kappa shape index (κ1) is 17.4. The first-order valence-corrected chi connectivity index (χ1v) is 9.70. The van der Waals surface area contributed by atoms with Gasteiger partial charge in [0, 0.05) is 17.3 Å². The third-order valence-electron chi connectivity index (χ3n) is 3.72. The van der Waals surface area contributed by atoms with E-state index >= 15 is 0 Å². The van der Waals surface area contributed by atoms with Crippen LogP contribution in [0.4, 0.5) is 5.69 Å². The maximum Gasteiger partial charge on any atom is 0.257 e. The predicted molar refractivity (Wildman–Crippen MR) is 99.0 cm³/mol. The van der Waals surface area contributed by atoms with Gasteiger partial charge in [-0.25, -0.2) is 8.42 Å². The molecule has 7 heteroatoms. The molecule has 0 unspecified atom stereocenters. The predicted octanol–water partition coefficient (Wildman–Crippen LogP) is 3.85. The van der Waals surface area contributed by atoms with E-state index in [4.69, 9.17) is 11.6 Å². The number of halogens is 1. The van der Waals surface area contributed by atoms with E-state index in [1.54, 1.807) is 6.07 Å². The molecule has 0 radical (unpaired) electrons. The summed E-state index contributed by atoms with van der Waals surface area (Å²) in [6.45, 7) is 1.87. The van der Waals surface area contributed by atoms with Crippen LogP contribution in [0.15, 0.2) is 53.4 Å². The second-order valence-corrected chi connectivity index (χ2v) is 8.12. The molecule has 0 fully saturated rings. The fourth-order valence-corrected chi connectivity index (χ4v) is 3.29. The molecule has 0 saturated heterocycles. The largest absolute Gasteiger partial charge is 0.320 e. The lowest BCUT2D eigenvalue weighted by atomic mass is 10.1. The third-order valence-corrected chi connectivity index (χ3v) is 5.16. The van der Waals surface area contributed by atoms with Gasteiger partial charge in [0.1, 0.15) is 0 Å². The molecule has 1 N–H and O–H groups in total. The molecule has 0 aliphatic carbocycles. The van der Waals surface area contributed by atoms with Gasteiger partial charge in [0.25, 0.3) is 5.91 Å². The Morgan fingerprint density at radius 1 is 1.12 bits per heavy atom. The van der Waals surface area contributed by atoms with E-state index in [1.165, 1.54) is 18.2 Å². The van der Waals surface area contributed by atoms with Crippen molar-refractivity contribution in [1.29, 1.82) is 0 Å². The standard InChI is InChI=1S/C18H15ClN2O3S/c1-11-6-7-12-4-3-5-16(17(12)20-11)21-18(22)14-10-13(25(2,23)24)8-9-15(14)19/h3-10H,1-2H3,(H,21,22). The van der Waals surface area contributed by atoms with Crippen LogP contribution in [-0.2, 0) is 9.84 Å². The summed E-state index contributed by atoms with van der Waals surface area (Å²) in [5, 5.41) is 3.83. The third kappa shape index (κ3) is 3.65. The molecule has 0 bridgehead atoms. The van der Waals surface area contributed by atoms with Crippen molar-refractivity contribution >= 4 is 43.9 Å². The Bertz CT molecular complexity index is 1090. The van der Waals surface area contributed by atoms with Crippen LogP contribution in [0.1, 0.15) is 16.1 Å². The molecule has 0 aliphatic heterocycles. The molecule has 25 heavy (non-hydrogen) atoms. The number of hydrogen-bond donors (Lipinski definition) is 1. The zero-order valence-electron chi connectivity index (χ0n) is 13.6. The number of aromatic nitrogens is 1. The summed E-state index contributed by atoms with van der Waals surface area (Å²) in [6, 6.07) is 13.3. The molecule has 128 valence electrons. The van der Waals surface area contributed by atoms with E-state index in [2.05, 4.69) is 10.3 Å². The fraction of sp³-hybridized carbons (Fsp3) is 0.111. The number of para-hydroxylation sites is 1. The van der Waals surface area contributed by atoms with Crippen LogP contribution in [0, 0.1) is 6.92 Å². The van der Waals surface area contributed by atoms with Crippen molar-refractivity contribution in [2.24, 2.45) is 0 Å². The summed E-state index contributed by atoms with van der Waals surface area (Å²) < 4.78 is 23.4. The molecular weight excluding hydrogens is 360 g/mol. The highest BCUT2D eigenvalue weighted by molar-refractivity contribution is 7.90. The number of benzene rings is 2. The highest BCUT2D eigenvalue weighted by Crippen LogP contribution is 2.25. The molecule has 2 aromatic carbocycles. The van der Waals surface area contributed by atoms with Gasteiger partial charge in [-0.05, 0) is 37.3 Å². The van der Waals surface area contributed by atoms with Gasteiger partial charge in [0.2, 0.25) is 0 Å². The van der Waals surface area contributed by atoms with E-state index in [1.807, 2.05) is 31.2 Å². The Hall–Kier alpha value is -2.44. The minimum atomic E-state index is -3.44. The van der Waals surface area contributed by atoms with Crippen LogP contribution in [0.2, 0.25) is 5.02 Å². The first-order valence-electron chi connectivity index (χ1n) is 7.43. The van der Waals surface area contributed by atoms with E-state index in [-0.39, 0.29) is 15.5 Å². The number of aryl methyl sites for hydroxylation is 1. The molecule has 0 aliphatic rings. The van der Waals surface area contributed by atoms with E-state index in [9.17, 15) is 13.2 Å². The number of hydrogen-bond acceptors (Lipinski definition) is 4. The molecule has 3 aromatic rings. The van der Waals surface area contributed by atoms with Crippen molar-refractivity contribution in [3.63, 3.8) is 0 Å². The lowest BCUT2D eigenvalue weighted by molar-refractivity contribution is 0.102. The Labute approximate surface area is 150 Å². The Morgan fingerprint density at radius 2 is 1.88 bits per heavy atom. The van der Waals surface area contributed by atoms with Crippen molar-refractivity contribution in [1.82, 2.24) is 4.98 Å². The number of carbonyl (C=O) groups excluding carboxylic acids is 1. The number of fused-ring (bicyclic) bond motifs is 1. The molecule has 0 spiro atoms. The van der Waals surface area contributed by atoms with Gasteiger partial charge >= 0.3 is 0 Å². The van der Waals surface area contributed by atoms with Crippen molar-refractivity contribution < 1.29 is 13.2 Å². The molecule has 3 rings (SSSR count). The summed E-state index contributed by atoms with van der Waals surface area (Å²) in [5.74, 6) is -0.494. The SMILES string of the molecule is Cc1ccc2cccc(NC(=O)c3cc(S(C)(=O)=O)ccc3Cl)c2n1. The Kier molecular flexibility index (Phi) is 4.49. The van der Waals surface area contributed by atoms with Gasteiger partial charge in [-0.1, -0.05) is 29.8 Å². The maximum atomic E-state index is 12.6. The fourth-order valence-electron chi connectivity index (χ4n) is 2.44.